The minimum atomic E-state index is -0.523. The number of hydrogen-bond acceptors (Lipinski definition) is 3. The number of aromatic amines is 2. The highest BCUT2D eigenvalue weighted by Gasteiger charge is 2.05. The van der Waals surface area contributed by atoms with Crippen LogP contribution in [0.2, 0.25) is 0 Å². The molecule has 1 heterocycles. The second kappa shape index (κ2) is 4.22. The molecule has 2 N–H and O–H groups in total. The van der Waals surface area contributed by atoms with Gasteiger partial charge in [-0.3, -0.25) is 9.78 Å². The summed E-state index contributed by atoms with van der Waals surface area (Å²) in [5.41, 5.74) is -0.476. The quantitative estimate of drug-likeness (QED) is 0.810. The van der Waals surface area contributed by atoms with E-state index in [0.29, 0.717) is 23.3 Å². The number of aromatic nitrogens is 2. The summed E-state index contributed by atoms with van der Waals surface area (Å²) in [6.07, 6.45) is 0.865. The zero-order valence-electron chi connectivity index (χ0n) is 8.87. The van der Waals surface area contributed by atoms with Crippen molar-refractivity contribution in [3.8, 4) is 5.75 Å². The lowest BCUT2D eigenvalue weighted by atomic mass is 10.2. The van der Waals surface area contributed by atoms with Crippen LogP contribution in [0, 0.1) is 0 Å². The lowest BCUT2D eigenvalue weighted by Crippen LogP contribution is -2.22. The van der Waals surface area contributed by atoms with Crippen LogP contribution in [0.3, 0.4) is 0 Å². The van der Waals surface area contributed by atoms with Crippen LogP contribution >= 0.6 is 0 Å². The Morgan fingerprint density at radius 3 is 2.81 bits per heavy atom. The van der Waals surface area contributed by atoms with Gasteiger partial charge in [0.2, 0.25) is 0 Å². The Bertz CT molecular complexity index is 612. The fourth-order valence-corrected chi connectivity index (χ4v) is 1.50. The monoisotopic (exact) mass is 220 g/mol. The zero-order valence-corrected chi connectivity index (χ0v) is 8.87. The molecule has 0 unspecified atom stereocenters. The summed E-state index contributed by atoms with van der Waals surface area (Å²) in [6, 6.07) is 5.09. The molecule has 16 heavy (non-hydrogen) atoms. The summed E-state index contributed by atoms with van der Waals surface area (Å²) < 4.78 is 5.46. The molecule has 1 aromatic carbocycles. The van der Waals surface area contributed by atoms with E-state index in [9.17, 15) is 9.59 Å². The smallest absolute Gasteiger partial charge is 0.326 e. The predicted molar refractivity (Wildman–Crippen MR) is 61.0 cm³/mol. The van der Waals surface area contributed by atoms with E-state index in [1.54, 1.807) is 18.2 Å². The zero-order chi connectivity index (χ0) is 11.5. The first kappa shape index (κ1) is 10.5. The van der Waals surface area contributed by atoms with Crippen LogP contribution in [-0.2, 0) is 0 Å². The minimum absolute atomic E-state index is 0.402. The van der Waals surface area contributed by atoms with Gasteiger partial charge in [-0.2, -0.15) is 0 Å². The number of rotatable bonds is 3. The van der Waals surface area contributed by atoms with Crippen molar-refractivity contribution in [3.05, 3.63) is 39.0 Å². The molecule has 0 spiro atoms. The third kappa shape index (κ3) is 1.84. The third-order valence-electron chi connectivity index (χ3n) is 2.20. The molecule has 5 nitrogen and oxygen atoms in total. The van der Waals surface area contributed by atoms with Crippen LogP contribution in [0.25, 0.3) is 10.9 Å². The van der Waals surface area contributed by atoms with Gasteiger partial charge >= 0.3 is 5.69 Å². The van der Waals surface area contributed by atoms with Gasteiger partial charge in [0.25, 0.3) is 5.56 Å². The SMILES string of the molecule is CCCOc1cccc2c(=O)[nH]c(=O)[nH]c12. The first-order valence-electron chi connectivity index (χ1n) is 5.10. The van der Waals surface area contributed by atoms with Crippen molar-refractivity contribution < 1.29 is 4.74 Å². The molecule has 0 saturated carbocycles. The van der Waals surface area contributed by atoms with Gasteiger partial charge in [0.15, 0.2) is 0 Å². The number of benzene rings is 1. The molecule has 5 heteroatoms. The van der Waals surface area contributed by atoms with Crippen molar-refractivity contribution in [1.82, 2.24) is 9.97 Å². The number of nitrogens with one attached hydrogen (secondary N) is 2. The molecule has 0 aliphatic rings. The van der Waals surface area contributed by atoms with Crippen LogP contribution in [0.1, 0.15) is 13.3 Å². The number of hydrogen-bond donors (Lipinski definition) is 2. The highest BCUT2D eigenvalue weighted by atomic mass is 16.5. The van der Waals surface area contributed by atoms with Gasteiger partial charge in [-0.1, -0.05) is 13.0 Å². The second-order valence-electron chi connectivity index (χ2n) is 3.44. The van der Waals surface area contributed by atoms with Gasteiger partial charge in [0.1, 0.15) is 5.75 Å². The van der Waals surface area contributed by atoms with Crippen molar-refractivity contribution in [1.29, 1.82) is 0 Å². The number of ether oxygens (including phenoxy) is 1. The summed E-state index contributed by atoms with van der Waals surface area (Å²) in [7, 11) is 0. The van der Waals surface area contributed by atoms with E-state index in [2.05, 4.69) is 9.97 Å². The van der Waals surface area contributed by atoms with E-state index in [0.717, 1.165) is 6.42 Å². The Kier molecular flexibility index (Phi) is 2.76. The van der Waals surface area contributed by atoms with E-state index in [1.807, 2.05) is 6.92 Å². The van der Waals surface area contributed by atoms with Gasteiger partial charge in [-0.15, -0.1) is 0 Å². The molecule has 0 fully saturated rings. The summed E-state index contributed by atoms with van der Waals surface area (Å²) in [5, 5.41) is 0.424. The van der Waals surface area contributed by atoms with Crippen LogP contribution in [0.15, 0.2) is 27.8 Å². The first-order valence-corrected chi connectivity index (χ1v) is 5.10. The molecule has 0 aliphatic carbocycles. The molecule has 0 aliphatic heterocycles. The molecule has 2 rings (SSSR count). The third-order valence-corrected chi connectivity index (χ3v) is 2.20. The summed E-state index contributed by atoms with van der Waals surface area (Å²) in [4.78, 5) is 27.4. The van der Waals surface area contributed by atoms with Gasteiger partial charge in [-0.25, -0.2) is 4.79 Å². The van der Waals surface area contributed by atoms with E-state index in [4.69, 9.17) is 4.74 Å². The first-order chi connectivity index (χ1) is 7.72. The molecule has 84 valence electrons. The average Bonchev–Trinajstić information content (AvgIpc) is 2.26. The Labute approximate surface area is 91.1 Å². The van der Waals surface area contributed by atoms with Gasteiger partial charge in [-0.05, 0) is 18.6 Å². The molecule has 0 radical (unpaired) electrons. The number of fused-ring (bicyclic) bond motifs is 1. The number of para-hydroxylation sites is 1. The minimum Gasteiger partial charge on any atom is -0.491 e. The molecule has 0 saturated heterocycles. The second-order valence-corrected chi connectivity index (χ2v) is 3.44. The van der Waals surface area contributed by atoms with Crippen LogP contribution in [-0.4, -0.2) is 16.6 Å². The van der Waals surface area contributed by atoms with Crippen molar-refractivity contribution in [2.75, 3.05) is 6.61 Å². The molecule has 0 bridgehead atoms. The van der Waals surface area contributed by atoms with E-state index in [1.165, 1.54) is 0 Å². The summed E-state index contributed by atoms with van der Waals surface area (Å²) >= 11 is 0. The molecule has 0 atom stereocenters. The van der Waals surface area contributed by atoms with Crippen LogP contribution < -0.4 is 16.0 Å². The van der Waals surface area contributed by atoms with E-state index >= 15 is 0 Å². The molecular weight excluding hydrogens is 208 g/mol. The Hall–Kier alpha value is -2.04. The highest BCUT2D eigenvalue weighted by Crippen LogP contribution is 2.19. The van der Waals surface area contributed by atoms with E-state index < -0.39 is 11.2 Å². The lowest BCUT2D eigenvalue weighted by Gasteiger charge is -2.06. The largest absolute Gasteiger partial charge is 0.491 e. The fourth-order valence-electron chi connectivity index (χ4n) is 1.50. The Balaban J connectivity index is 2.67. The summed E-state index contributed by atoms with van der Waals surface area (Å²) in [5.74, 6) is 0.530. The van der Waals surface area contributed by atoms with Crippen molar-refractivity contribution in [2.24, 2.45) is 0 Å². The Morgan fingerprint density at radius 2 is 2.06 bits per heavy atom. The van der Waals surface area contributed by atoms with Crippen LogP contribution in [0.5, 0.6) is 5.75 Å². The summed E-state index contributed by atoms with van der Waals surface area (Å²) in [6.45, 7) is 2.54. The normalized spacial score (nSPS) is 10.6. The maximum Gasteiger partial charge on any atom is 0.326 e. The van der Waals surface area contributed by atoms with Gasteiger partial charge in [0.05, 0.1) is 17.5 Å². The maximum atomic E-state index is 11.5. The standard InChI is InChI=1S/C11H12N2O3/c1-2-6-16-8-5-3-4-7-9(8)12-11(15)13-10(7)14/h3-5H,2,6H2,1H3,(H2,12,13,14,15). The molecule has 0 amide bonds. The maximum absolute atomic E-state index is 11.5. The highest BCUT2D eigenvalue weighted by molar-refractivity contribution is 5.83. The lowest BCUT2D eigenvalue weighted by molar-refractivity contribution is 0.320. The van der Waals surface area contributed by atoms with Crippen molar-refractivity contribution in [2.45, 2.75) is 13.3 Å². The average molecular weight is 220 g/mol. The van der Waals surface area contributed by atoms with Crippen molar-refractivity contribution >= 4 is 10.9 Å². The van der Waals surface area contributed by atoms with Crippen LogP contribution in [0.4, 0.5) is 0 Å². The van der Waals surface area contributed by atoms with Crippen molar-refractivity contribution in [3.63, 3.8) is 0 Å². The molecule has 2 aromatic rings. The van der Waals surface area contributed by atoms with E-state index in [-0.39, 0.29) is 0 Å². The predicted octanol–water partition coefficient (Wildman–Crippen LogP) is 1.01. The Morgan fingerprint density at radius 1 is 1.25 bits per heavy atom. The van der Waals surface area contributed by atoms with Gasteiger partial charge < -0.3 is 9.72 Å². The molecule has 1 aromatic heterocycles. The molecular formula is C11H12N2O3. The topological polar surface area (TPSA) is 75.0 Å². The number of H-pyrrole nitrogens is 2. The van der Waals surface area contributed by atoms with Gasteiger partial charge in [0, 0.05) is 0 Å². The fraction of sp³-hybridized carbons (Fsp3) is 0.273.